The van der Waals surface area contributed by atoms with Crippen LogP contribution in [0.5, 0.6) is 0 Å². The molecule has 0 fully saturated rings. The molecule has 5 heteroatoms. The van der Waals surface area contributed by atoms with Crippen LogP contribution in [-0.2, 0) is 4.79 Å². The van der Waals surface area contributed by atoms with E-state index in [1.54, 1.807) is 18.2 Å². The molecular weight excluding hydrogens is 309 g/mol. The van der Waals surface area contributed by atoms with E-state index in [1.165, 1.54) is 6.92 Å². The maximum Gasteiger partial charge on any atom is 0.325 e. The second-order valence-corrected chi connectivity index (χ2v) is 4.29. The van der Waals surface area contributed by atoms with Crippen molar-refractivity contribution in [2.45, 2.75) is 13.0 Å². The van der Waals surface area contributed by atoms with E-state index in [-0.39, 0.29) is 5.91 Å². The molecule has 4 nitrogen and oxygen atoms in total. The lowest BCUT2D eigenvalue weighted by molar-refractivity contribution is -0.138. The number of halogens is 1. The summed E-state index contributed by atoms with van der Waals surface area (Å²) in [4.78, 5) is 22.1. The zero-order valence-electron chi connectivity index (χ0n) is 8.03. The first-order valence-corrected chi connectivity index (χ1v) is 5.38. The maximum atomic E-state index is 11.5. The van der Waals surface area contributed by atoms with E-state index in [4.69, 9.17) is 5.11 Å². The average Bonchev–Trinajstić information content (AvgIpc) is 2.17. The molecule has 1 atom stereocenters. The number of carboxylic acid groups (broad SMARTS) is 1. The quantitative estimate of drug-likeness (QED) is 0.830. The van der Waals surface area contributed by atoms with Gasteiger partial charge in [0.15, 0.2) is 0 Å². The van der Waals surface area contributed by atoms with Gasteiger partial charge in [-0.1, -0.05) is 6.07 Å². The molecule has 1 amide bonds. The van der Waals surface area contributed by atoms with E-state index >= 15 is 0 Å². The van der Waals surface area contributed by atoms with Gasteiger partial charge in [0.2, 0.25) is 0 Å². The van der Waals surface area contributed by atoms with E-state index in [0.717, 1.165) is 3.57 Å². The lowest BCUT2D eigenvalue weighted by Crippen LogP contribution is -2.38. The normalized spacial score (nSPS) is 11.9. The van der Waals surface area contributed by atoms with Gasteiger partial charge in [0.1, 0.15) is 6.04 Å². The predicted molar refractivity (Wildman–Crippen MR) is 63.7 cm³/mol. The number of hydrogen-bond donors (Lipinski definition) is 2. The summed E-state index contributed by atoms with van der Waals surface area (Å²) in [7, 11) is 0. The van der Waals surface area contributed by atoms with E-state index in [0.29, 0.717) is 5.56 Å². The van der Waals surface area contributed by atoms with E-state index in [1.807, 2.05) is 6.07 Å². The summed E-state index contributed by atoms with van der Waals surface area (Å²) in [5, 5.41) is 11.0. The molecule has 0 aliphatic carbocycles. The fourth-order valence-corrected chi connectivity index (χ4v) is 1.51. The molecule has 1 aromatic rings. The highest BCUT2D eigenvalue weighted by Gasteiger charge is 2.14. The fraction of sp³-hybridized carbons (Fsp3) is 0.200. The topological polar surface area (TPSA) is 66.4 Å². The van der Waals surface area contributed by atoms with Crippen molar-refractivity contribution in [1.82, 2.24) is 5.32 Å². The number of nitrogens with one attached hydrogen (secondary N) is 1. The number of rotatable bonds is 3. The highest BCUT2D eigenvalue weighted by atomic mass is 127. The van der Waals surface area contributed by atoms with Gasteiger partial charge < -0.3 is 10.4 Å². The third kappa shape index (κ3) is 3.50. The van der Waals surface area contributed by atoms with Gasteiger partial charge >= 0.3 is 5.97 Å². The van der Waals surface area contributed by atoms with Crippen molar-refractivity contribution >= 4 is 34.5 Å². The Balaban J connectivity index is 2.73. The average molecular weight is 319 g/mol. The standard InChI is InChI=1S/C10H10INO3/c1-6(10(14)15)12-9(13)7-3-2-4-8(11)5-7/h2-6H,1H3,(H,12,13)(H,14,15)/t6-/m0/s1. The first-order valence-electron chi connectivity index (χ1n) is 4.30. The summed E-state index contributed by atoms with van der Waals surface area (Å²) in [6.07, 6.45) is 0. The minimum Gasteiger partial charge on any atom is -0.480 e. The second-order valence-electron chi connectivity index (χ2n) is 3.04. The summed E-state index contributed by atoms with van der Waals surface area (Å²) in [5.41, 5.74) is 0.468. The molecule has 0 saturated heterocycles. The number of hydrogen-bond acceptors (Lipinski definition) is 2. The third-order valence-corrected chi connectivity index (χ3v) is 2.48. The first kappa shape index (κ1) is 12.0. The summed E-state index contributed by atoms with van der Waals surface area (Å²) < 4.78 is 0.934. The number of carboxylic acids is 1. The van der Waals surface area contributed by atoms with Crippen LogP contribution >= 0.6 is 22.6 Å². The van der Waals surface area contributed by atoms with Gasteiger partial charge in [0.25, 0.3) is 5.91 Å². The van der Waals surface area contributed by atoms with Gasteiger partial charge in [0.05, 0.1) is 0 Å². The SMILES string of the molecule is C[C@H](NC(=O)c1cccc(I)c1)C(=O)O. The van der Waals surface area contributed by atoms with Gasteiger partial charge in [-0.05, 0) is 47.7 Å². The Labute approximate surface area is 101 Å². The molecule has 0 aromatic heterocycles. The highest BCUT2D eigenvalue weighted by Crippen LogP contribution is 2.07. The van der Waals surface area contributed by atoms with Gasteiger partial charge in [-0.2, -0.15) is 0 Å². The van der Waals surface area contributed by atoms with Crippen LogP contribution in [0.15, 0.2) is 24.3 Å². The Hall–Kier alpha value is -1.11. The minimum absolute atomic E-state index is 0.372. The summed E-state index contributed by atoms with van der Waals surface area (Å²) in [5.74, 6) is -1.42. The molecule has 15 heavy (non-hydrogen) atoms. The lowest BCUT2D eigenvalue weighted by Gasteiger charge is -2.09. The van der Waals surface area contributed by atoms with Gasteiger partial charge in [-0.3, -0.25) is 9.59 Å². The molecule has 0 radical (unpaired) electrons. The molecule has 80 valence electrons. The van der Waals surface area contributed by atoms with Crippen LogP contribution < -0.4 is 5.32 Å². The van der Waals surface area contributed by atoms with E-state index in [9.17, 15) is 9.59 Å². The summed E-state index contributed by atoms with van der Waals surface area (Å²) >= 11 is 2.09. The van der Waals surface area contributed by atoms with Gasteiger partial charge in [-0.15, -0.1) is 0 Å². The zero-order valence-corrected chi connectivity index (χ0v) is 10.2. The van der Waals surface area contributed by atoms with Crippen molar-refractivity contribution in [3.8, 4) is 0 Å². The smallest absolute Gasteiger partial charge is 0.325 e. The predicted octanol–water partition coefficient (Wildman–Crippen LogP) is 1.49. The molecule has 0 aliphatic heterocycles. The van der Waals surface area contributed by atoms with Crippen LogP contribution in [0.3, 0.4) is 0 Å². The largest absolute Gasteiger partial charge is 0.480 e. The Bertz CT molecular complexity index is 392. The van der Waals surface area contributed by atoms with Crippen molar-refractivity contribution in [2.24, 2.45) is 0 Å². The Kier molecular flexibility index (Phi) is 4.07. The zero-order chi connectivity index (χ0) is 11.4. The summed E-state index contributed by atoms with van der Waals surface area (Å²) in [6.45, 7) is 1.42. The molecule has 0 heterocycles. The van der Waals surface area contributed by atoms with Crippen LogP contribution in [0.1, 0.15) is 17.3 Å². The molecule has 0 bridgehead atoms. The maximum absolute atomic E-state index is 11.5. The van der Waals surface area contributed by atoms with Crippen molar-refractivity contribution in [1.29, 1.82) is 0 Å². The fourth-order valence-electron chi connectivity index (χ4n) is 0.971. The molecule has 1 aromatic carbocycles. The van der Waals surface area contributed by atoms with Crippen molar-refractivity contribution < 1.29 is 14.7 Å². The molecule has 0 saturated carbocycles. The van der Waals surface area contributed by atoms with Crippen LogP contribution in [0.4, 0.5) is 0 Å². The molecule has 2 N–H and O–H groups in total. The van der Waals surface area contributed by atoms with Crippen molar-refractivity contribution in [3.05, 3.63) is 33.4 Å². The molecule has 0 spiro atoms. The highest BCUT2D eigenvalue weighted by molar-refractivity contribution is 14.1. The van der Waals surface area contributed by atoms with Crippen LogP contribution in [-0.4, -0.2) is 23.0 Å². The minimum atomic E-state index is -1.05. The number of amides is 1. The van der Waals surface area contributed by atoms with E-state index < -0.39 is 12.0 Å². The molecule has 0 aliphatic rings. The Morgan fingerprint density at radius 3 is 2.67 bits per heavy atom. The van der Waals surface area contributed by atoms with Crippen molar-refractivity contribution in [2.75, 3.05) is 0 Å². The van der Waals surface area contributed by atoms with Crippen molar-refractivity contribution in [3.63, 3.8) is 0 Å². The van der Waals surface area contributed by atoms with Crippen LogP contribution in [0, 0.1) is 3.57 Å². The van der Waals surface area contributed by atoms with E-state index in [2.05, 4.69) is 27.9 Å². The Morgan fingerprint density at radius 1 is 1.47 bits per heavy atom. The monoisotopic (exact) mass is 319 g/mol. The number of aliphatic carboxylic acids is 1. The summed E-state index contributed by atoms with van der Waals surface area (Å²) in [6, 6.07) is 6.08. The number of benzene rings is 1. The van der Waals surface area contributed by atoms with Crippen LogP contribution in [0.25, 0.3) is 0 Å². The molecule has 1 rings (SSSR count). The van der Waals surface area contributed by atoms with Gasteiger partial charge in [0, 0.05) is 9.13 Å². The number of carbonyl (C=O) groups is 2. The van der Waals surface area contributed by atoms with Gasteiger partial charge in [-0.25, -0.2) is 0 Å². The first-order chi connectivity index (χ1) is 7.00. The number of carbonyl (C=O) groups excluding carboxylic acids is 1. The third-order valence-electron chi connectivity index (χ3n) is 1.80. The Morgan fingerprint density at radius 2 is 2.13 bits per heavy atom. The molecule has 0 unspecified atom stereocenters. The molecular formula is C10H10INO3. The lowest BCUT2D eigenvalue weighted by atomic mass is 10.2. The van der Waals surface area contributed by atoms with Crippen LogP contribution in [0.2, 0.25) is 0 Å². The second kappa shape index (κ2) is 5.11.